The number of aryl methyl sites for hydroxylation is 1. The van der Waals surface area contributed by atoms with E-state index in [1.165, 1.54) is 7.11 Å². The predicted molar refractivity (Wildman–Crippen MR) is 73.5 cm³/mol. The summed E-state index contributed by atoms with van der Waals surface area (Å²) in [5, 5.41) is 0. The Balaban J connectivity index is 1.78. The van der Waals surface area contributed by atoms with Crippen LogP contribution >= 0.6 is 0 Å². The van der Waals surface area contributed by atoms with Crippen molar-refractivity contribution in [3.63, 3.8) is 0 Å². The van der Waals surface area contributed by atoms with Crippen molar-refractivity contribution < 1.29 is 18.8 Å². The van der Waals surface area contributed by atoms with Crippen molar-refractivity contribution in [1.82, 2.24) is 4.98 Å². The highest BCUT2D eigenvalue weighted by atomic mass is 16.5. The van der Waals surface area contributed by atoms with Gasteiger partial charge in [0, 0.05) is 0 Å². The van der Waals surface area contributed by atoms with Crippen molar-refractivity contribution in [2.45, 2.75) is 19.4 Å². The number of hydrogen-bond acceptors (Lipinski definition) is 3. The lowest BCUT2D eigenvalue weighted by Crippen LogP contribution is -2.30. The van der Waals surface area contributed by atoms with Gasteiger partial charge in [-0.05, 0) is 25.0 Å². The molecule has 0 saturated carbocycles. The first-order valence-electron chi connectivity index (χ1n) is 6.63. The van der Waals surface area contributed by atoms with Gasteiger partial charge in [0.25, 0.3) is 0 Å². The number of carbonyl (C=O) groups is 1. The number of carbonyl (C=O) groups excluding carboxylic acids is 1. The maximum Gasteiger partial charge on any atom is 0.341 e. The summed E-state index contributed by atoms with van der Waals surface area (Å²) in [5.41, 5.74) is 0.468. The summed E-state index contributed by atoms with van der Waals surface area (Å²) in [6.45, 7) is 1.53. The van der Waals surface area contributed by atoms with Crippen LogP contribution in [0.4, 0.5) is 0 Å². The van der Waals surface area contributed by atoms with Gasteiger partial charge in [-0.25, -0.2) is 9.36 Å². The summed E-state index contributed by atoms with van der Waals surface area (Å²) < 4.78 is 12.5. The molecule has 5 nitrogen and oxygen atoms in total. The van der Waals surface area contributed by atoms with E-state index < -0.39 is 0 Å². The van der Waals surface area contributed by atoms with E-state index in [9.17, 15) is 4.79 Å². The number of esters is 1. The van der Waals surface area contributed by atoms with E-state index in [1.807, 2.05) is 24.8 Å². The monoisotopic (exact) mass is 275 g/mol. The molecule has 20 heavy (non-hydrogen) atoms. The first-order chi connectivity index (χ1) is 9.81. The average Bonchev–Trinajstić information content (AvgIpc) is 3.00. The highest BCUT2D eigenvalue weighted by Crippen LogP contribution is 2.18. The van der Waals surface area contributed by atoms with Crippen LogP contribution in [-0.4, -0.2) is 24.7 Å². The molecule has 0 atom stereocenters. The van der Waals surface area contributed by atoms with Crippen LogP contribution in [0.1, 0.15) is 23.2 Å². The number of hydrogen-bond donors (Lipinski definition) is 1. The van der Waals surface area contributed by atoms with Crippen LogP contribution in [0.3, 0.4) is 0 Å². The molecule has 5 heteroatoms. The number of aromatic amines is 1. The molecule has 1 aromatic heterocycles. The zero-order valence-corrected chi connectivity index (χ0v) is 11.5. The van der Waals surface area contributed by atoms with Gasteiger partial charge in [0.05, 0.1) is 20.3 Å². The van der Waals surface area contributed by atoms with Gasteiger partial charge in [-0.15, -0.1) is 0 Å². The Morgan fingerprint density at radius 2 is 2.15 bits per heavy atom. The van der Waals surface area contributed by atoms with Crippen LogP contribution in [-0.2, 0) is 11.3 Å². The average molecular weight is 275 g/mol. The molecular formula is C15H19N2O3+. The number of nitrogens with zero attached hydrogens (tertiary/aromatic N) is 1. The molecule has 0 amide bonds. The fraction of sp³-hybridized carbons (Fsp3) is 0.333. The lowest BCUT2D eigenvalue weighted by molar-refractivity contribution is -0.696. The van der Waals surface area contributed by atoms with Crippen LogP contribution in [0.5, 0.6) is 5.75 Å². The second kappa shape index (κ2) is 7.33. The van der Waals surface area contributed by atoms with Crippen LogP contribution < -0.4 is 9.30 Å². The van der Waals surface area contributed by atoms with Crippen molar-refractivity contribution in [2.24, 2.45) is 0 Å². The van der Waals surface area contributed by atoms with Crippen molar-refractivity contribution in [3.8, 4) is 5.75 Å². The molecule has 0 aliphatic carbocycles. The van der Waals surface area contributed by atoms with Crippen LogP contribution in [0.25, 0.3) is 0 Å². The first kappa shape index (κ1) is 14.1. The van der Waals surface area contributed by atoms with E-state index in [1.54, 1.807) is 18.2 Å². The third kappa shape index (κ3) is 3.85. The normalized spacial score (nSPS) is 10.2. The minimum atomic E-state index is -0.372. The number of H-pyrrole nitrogens is 1. The van der Waals surface area contributed by atoms with E-state index >= 15 is 0 Å². The summed E-state index contributed by atoms with van der Waals surface area (Å²) in [5.74, 6) is 0.206. The van der Waals surface area contributed by atoms with E-state index in [4.69, 9.17) is 9.47 Å². The van der Waals surface area contributed by atoms with Crippen LogP contribution in [0.15, 0.2) is 43.0 Å². The Morgan fingerprint density at radius 1 is 1.30 bits per heavy atom. The van der Waals surface area contributed by atoms with Crippen LogP contribution in [0.2, 0.25) is 0 Å². The van der Waals surface area contributed by atoms with Gasteiger partial charge >= 0.3 is 5.97 Å². The molecule has 1 N–H and O–H groups in total. The van der Waals surface area contributed by atoms with Crippen molar-refractivity contribution in [2.75, 3.05) is 13.7 Å². The van der Waals surface area contributed by atoms with Gasteiger partial charge < -0.3 is 9.47 Å². The van der Waals surface area contributed by atoms with Gasteiger partial charge in [0.1, 0.15) is 23.7 Å². The standard InChI is InChI=1S/C15H18N2O3/c1-19-15(18)13-6-2-3-7-14(13)20-11-5-4-9-17-10-8-16-12-17/h2-3,6-8,10,12H,4-5,9,11H2,1H3/p+1. The molecule has 0 unspecified atom stereocenters. The number of imidazole rings is 1. The molecule has 0 radical (unpaired) electrons. The molecule has 0 spiro atoms. The molecular weight excluding hydrogens is 256 g/mol. The van der Waals surface area contributed by atoms with Crippen LogP contribution in [0, 0.1) is 0 Å². The number of aromatic nitrogens is 2. The fourth-order valence-electron chi connectivity index (χ4n) is 1.91. The molecule has 2 rings (SSSR count). The van der Waals surface area contributed by atoms with Gasteiger partial charge in [0.15, 0.2) is 0 Å². The Morgan fingerprint density at radius 3 is 2.90 bits per heavy atom. The van der Waals surface area contributed by atoms with Crippen molar-refractivity contribution in [1.29, 1.82) is 0 Å². The molecule has 2 aromatic rings. The predicted octanol–water partition coefficient (Wildman–Crippen LogP) is 1.95. The second-order valence-corrected chi connectivity index (χ2v) is 4.39. The molecule has 0 bridgehead atoms. The largest absolute Gasteiger partial charge is 0.493 e. The number of rotatable bonds is 7. The third-order valence-electron chi connectivity index (χ3n) is 2.96. The van der Waals surface area contributed by atoms with Gasteiger partial charge in [-0.1, -0.05) is 12.1 Å². The lowest BCUT2D eigenvalue weighted by Gasteiger charge is -2.09. The zero-order chi connectivity index (χ0) is 14.2. The maximum absolute atomic E-state index is 11.6. The van der Waals surface area contributed by atoms with E-state index in [0.29, 0.717) is 17.9 Å². The number of benzene rings is 1. The molecule has 1 heterocycles. The molecule has 0 aliphatic heterocycles. The number of para-hydroxylation sites is 1. The number of unbranched alkanes of at least 4 members (excludes halogenated alkanes) is 1. The van der Waals surface area contributed by atoms with E-state index in [0.717, 1.165) is 19.4 Å². The molecule has 0 saturated heterocycles. The van der Waals surface area contributed by atoms with Gasteiger partial charge in [0.2, 0.25) is 6.33 Å². The van der Waals surface area contributed by atoms with Gasteiger partial charge in [-0.2, -0.15) is 0 Å². The van der Waals surface area contributed by atoms with Crippen molar-refractivity contribution >= 4 is 5.97 Å². The molecule has 106 valence electrons. The second-order valence-electron chi connectivity index (χ2n) is 4.39. The summed E-state index contributed by atoms with van der Waals surface area (Å²) in [7, 11) is 1.37. The minimum Gasteiger partial charge on any atom is -0.493 e. The van der Waals surface area contributed by atoms with Gasteiger partial charge in [-0.3, -0.25) is 4.98 Å². The Hall–Kier alpha value is -2.30. The lowest BCUT2D eigenvalue weighted by atomic mass is 10.2. The summed E-state index contributed by atoms with van der Waals surface area (Å²) in [6.07, 6.45) is 7.75. The number of ether oxygens (including phenoxy) is 2. The van der Waals surface area contributed by atoms with E-state index in [2.05, 4.69) is 9.55 Å². The number of methoxy groups -OCH3 is 1. The molecule has 1 aromatic carbocycles. The highest BCUT2D eigenvalue weighted by molar-refractivity contribution is 5.92. The maximum atomic E-state index is 11.6. The Labute approximate surface area is 118 Å². The SMILES string of the molecule is COC(=O)c1ccccc1OCCCC[n+]1cc[nH]c1. The summed E-state index contributed by atoms with van der Waals surface area (Å²) >= 11 is 0. The summed E-state index contributed by atoms with van der Waals surface area (Å²) in [4.78, 5) is 14.6. The smallest absolute Gasteiger partial charge is 0.341 e. The zero-order valence-electron chi connectivity index (χ0n) is 11.5. The molecule has 0 aliphatic rings. The number of nitrogens with one attached hydrogen (secondary N) is 1. The molecule has 0 fully saturated rings. The fourth-order valence-corrected chi connectivity index (χ4v) is 1.91. The summed E-state index contributed by atoms with van der Waals surface area (Å²) in [6, 6.07) is 7.13. The minimum absolute atomic E-state index is 0.372. The quantitative estimate of drug-likeness (QED) is 0.477. The third-order valence-corrected chi connectivity index (χ3v) is 2.96. The van der Waals surface area contributed by atoms with E-state index in [-0.39, 0.29) is 5.97 Å². The Bertz CT molecular complexity index is 538. The first-order valence-corrected chi connectivity index (χ1v) is 6.63. The Kier molecular flexibility index (Phi) is 5.17. The highest BCUT2D eigenvalue weighted by Gasteiger charge is 2.11. The topological polar surface area (TPSA) is 55.2 Å². The van der Waals surface area contributed by atoms with Crippen molar-refractivity contribution in [3.05, 3.63) is 48.5 Å².